The van der Waals surface area contributed by atoms with Crippen molar-refractivity contribution in [2.75, 3.05) is 39.5 Å². The summed E-state index contributed by atoms with van der Waals surface area (Å²) in [6, 6.07) is 0. The van der Waals surface area contributed by atoms with Crippen LogP contribution in [0.15, 0.2) is 0 Å². The second kappa shape index (κ2) is 5.10. The van der Waals surface area contributed by atoms with Crippen LogP contribution in [0.4, 0.5) is 0 Å². The molecule has 0 aliphatic carbocycles. The molecule has 0 saturated carbocycles. The van der Waals surface area contributed by atoms with Gasteiger partial charge in [-0.3, -0.25) is 0 Å². The molecule has 3 nitrogen and oxygen atoms in total. The summed E-state index contributed by atoms with van der Waals surface area (Å²) in [7, 11) is 0. The second-order valence-corrected chi connectivity index (χ2v) is 4.80. The molecule has 0 bridgehead atoms. The van der Waals surface area contributed by atoms with Gasteiger partial charge >= 0.3 is 0 Å². The molecule has 0 aromatic rings. The van der Waals surface area contributed by atoms with Gasteiger partial charge in [0, 0.05) is 32.2 Å². The number of hydrogen-bond acceptors (Lipinski definition) is 3. The van der Waals surface area contributed by atoms with E-state index in [1.807, 2.05) is 6.92 Å². The topological polar surface area (TPSA) is 32.7 Å². The quantitative estimate of drug-likeness (QED) is 0.719. The summed E-state index contributed by atoms with van der Waals surface area (Å²) in [6.45, 7) is 11.5. The fraction of sp³-hybridized carbons (Fsp3) is 1.00. The third kappa shape index (κ3) is 2.94. The Morgan fingerprint density at radius 2 is 2.21 bits per heavy atom. The Balaban J connectivity index is 2.42. The van der Waals surface area contributed by atoms with Gasteiger partial charge in [0.2, 0.25) is 0 Å². The maximum absolute atomic E-state index is 8.89. The van der Waals surface area contributed by atoms with Gasteiger partial charge < -0.3 is 14.7 Å². The van der Waals surface area contributed by atoms with E-state index in [9.17, 15) is 0 Å². The molecule has 1 unspecified atom stereocenters. The largest absolute Gasteiger partial charge is 0.395 e. The molecule has 3 heteroatoms. The van der Waals surface area contributed by atoms with Crippen LogP contribution in [0.25, 0.3) is 0 Å². The van der Waals surface area contributed by atoms with Gasteiger partial charge in [0.05, 0.1) is 13.2 Å². The fourth-order valence-electron chi connectivity index (χ4n) is 2.18. The molecule has 84 valence electrons. The molecule has 0 spiro atoms. The highest BCUT2D eigenvalue weighted by atomic mass is 16.5. The van der Waals surface area contributed by atoms with Gasteiger partial charge in [-0.1, -0.05) is 13.8 Å². The zero-order valence-corrected chi connectivity index (χ0v) is 9.62. The molecule has 1 aliphatic heterocycles. The Labute approximate surface area is 87.1 Å². The number of ether oxygens (including phenoxy) is 1. The lowest BCUT2D eigenvalue weighted by Gasteiger charge is -2.25. The van der Waals surface area contributed by atoms with Crippen LogP contribution in [0.1, 0.15) is 20.8 Å². The van der Waals surface area contributed by atoms with Crippen LogP contribution in [-0.2, 0) is 4.74 Å². The zero-order chi connectivity index (χ0) is 10.6. The van der Waals surface area contributed by atoms with Crippen LogP contribution in [0.3, 0.4) is 0 Å². The van der Waals surface area contributed by atoms with Crippen molar-refractivity contribution < 1.29 is 9.84 Å². The summed E-state index contributed by atoms with van der Waals surface area (Å²) in [5.74, 6) is 0.606. The van der Waals surface area contributed by atoms with E-state index in [0.29, 0.717) is 11.3 Å². The fourth-order valence-corrected chi connectivity index (χ4v) is 2.18. The monoisotopic (exact) mass is 201 g/mol. The highest BCUT2D eigenvalue weighted by Crippen LogP contribution is 2.34. The first-order chi connectivity index (χ1) is 6.60. The van der Waals surface area contributed by atoms with Crippen LogP contribution in [0.5, 0.6) is 0 Å². The van der Waals surface area contributed by atoms with Gasteiger partial charge in [0.1, 0.15) is 0 Å². The number of aliphatic hydroxyl groups is 1. The van der Waals surface area contributed by atoms with Crippen molar-refractivity contribution in [3.8, 4) is 0 Å². The maximum Gasteiger partial charge on any atom is 0.0558 e. The van der Waals surface area contributed by atoms with Gasteiger partial charge in [0.25, 0.3) is 0 Å². The summed E-state index contributed by atoms with van der Waals surface area (Å²) in [4.78, 5) is 2.32. The minimum atomic E-state index is 0.261. The lowest BCUT2D eigenvalue weighted by molar-refractivity contribution is 0.0795. The average molecular weight is 201 g/mol. The van der Waals surface area contributed by atoms with E-state index in [0.717, 1.165) is 32.8 Å². The molecule has 1 atom stereocenters. The van der Waals surface area contributed by atoms with Crippen molar-refractivity contribution in [2.24, 2.45) is 11.3 Å². The standard InChI is InChI=1S/C11H23NO2/c1-4-14-8-10-7-12(5-6-13)9-11(10,2)3/h10,13H,4-9H2,1-3H3. The van der Waals surface area contributed by atoms with Gasteiger partial charge in [-0.2, -0.15) is 0 Å². The van der Waals surface area contributed by atoms with Crippen LogP contribution in [-0.4, -0.2) is 49.5 Å². The summed E-state index contributed by atoms with van der Waals surface area (Å²) >= 11 is 0. The van der Waals surface area contributed by atoms with Gasteiger partial charge in [0.15, 0.2) is 0 Å². The van der Waals surface area contributed by atoms with Crippen molar-refractivity contribution in [1.82, 2.24) is 4.90 Å². The lowest BCUT2D eigenvalue weighted by atomic mass is 9.83. The van der Waals surface area contributed by atoms with Crippen LogP contribution >= 0.6 is 0 Å². The molecule has 1 rings (SSSR count). The molecule has 0 aromatic heterocycles. The van der Waals surface area contributed by atoms with E-state index < -0.39 is 0 Å². The summed E-state index contributed by atoms with van der Waals surface area (Å²) in [5, 5.41) is 8.89. The molecule has 14 heavy (non-hydrogen) atoms. The first kappa shape index (κ1) is 12.0. The lowest BCUT2D eigenvalue weighted by Crippen LogP contribution is -2.26. The number of nitrogens with zero attached hydrogens (tertiary/aromatic N) is 1. The van der Waals surface area contributed by atoms with Crippen LogP contribution < -0.4 is 0 Å². The van der Waals surface area contributed by atoms with E-state index in [4.69, 9.17) is 9.84 Å². The van der Waals surface area contributed by atoms with E-state index in [1.165, 1.54) is 0 Å². The molecule has 1 aliphatic rings. The molecule has 0 amide bonds. The SMILES string of the molecule is CCOCC1CN(CCO)CC1(C)C. The number of β-amino-alcohol motifs (C(OH)–C–C–N with tert-alkyl or cyclic N) is 1. The predicted molar refractivity (Wildman–Crippen MR) is 57.3 cm³/mol. The van der Waals surface area contributed by atoms with Crippen LogP contribution in [0.2, 0.25) is 0 Å². The number of rotatable bonds is 5. The Kier molecular flexibility index (Phi) is 4.35. The van der Waals surface area contributed by atoms with E-state index in [2.05, 4.69) is 18.7 Å². The first-order valence-electron chi connectivity index (χ1n) is 5.51. The average Bonchev–Trinajstić information content (AvgIpc) is 2.38. The molecular weight excluding hydrogens is 178 g/mol. The number of aliphatic hydroxyl groups excluding tert-OH is 1. The summed E-state index contributed by atoms with van der Waals surface area (Å²) in [6.07, 6.45) is 0. The Morgan fingerprint density at radius 1 is 1.50 bits per heavy atom. The smallest absolute Gasteiger partial charge is 0.0558 e. The summed E-state index contributed by atoms with van der Waals surface area (Å²) in [5.41, 5.74) is 0.324. The molecular formula is C11H23NO2. The molecule has 1 saturated heterocycles. The molecule has 1 heterocycles. The normalized spacial score (nSPS) is 27.0. The van der Waals surface area contributed by atoms with Crippen molar-refractivity contribution in [2.45, 2.75) is 20.8 Å². The first-order valence-corrected chi connectivity index (χ1v) is 5.51. The zero-order valence-electron chi connectivity index (χ0n) is 9.62. The third-order valence-corrected chi connectivity index (χ3v) is 3.15. The van der Waals surface area contributed by atoms with E-state index in [1.54, 1.807) is 0 Å². The van der Waals surface area contributed by atoms with E-state index in [-0.39, 0.29) is 6.61 Å². The maximum atomic E-state index is 8.89. The van der Waals surface area contributed by atoms with E-state index >= 15 is 0 Å². The van der Waals surface area contributed by atoms with Crippen molar-refractivity contribution in [3.05, 3.63) is 0 Å². The van der Waals surface area contributed by atoms with Gasteiger partial charge in [-0.05, 0) is 12.3 Å². The predicted octanol–water partition coefficient (Wildman–Crippen LogP) is 0.973. The second-order valence-electron chi connectivity index (χ2n) is 4.80. The van der Waals surface area contributed by atoms with Gasteiger partial charge in [-0.15, -0.1) is 0 Å². The van der Waals surface area contributed by atoms with Crippen molar-refractivity contribution in [1.29, 1.82) is 0 Å². The summed E-state index contributed by atoms with van der Waals surface area (Å²) < 4.78 is 5.49. The minimum absolute atomic E-state index is 0.261. The van der Waals surface area contributed by atoms with Crippen LogP contribution in [0, 0.1) is 11.3 Å². The van der Waals surface area contributed by atoms with Crippen molar-refractivity contribution in [3.63, 3.8) is 0 Å². The molecule has 1 fully saturated rings. The highest BCUT2D eigenvalue weighted by Gasteiger charge is 2.38. The Hall–Kier alpha value is -0.120. The molecule has 0 radical (unpaired) electrons. The number of hydrogen-bond donors (Lipinski definition) is 1. The highest BCUT2D eigenvalue weighted by molar-refractivity contribution is 4.90. The third-order valence-electron chi connectivity index (χ3n) is 3.15. The molecule has 0 aromatic carbocycles. The number of likely N-dealkylation sites (tertiary alicyclic amines) is 1. The van der Waals surface area contributed by atoms with Gasteiger partial charge in [-0.25, -0.2) is 0 Å². The molecule has 1 N–H and O–H groups in total. The minimum Gasteiger partial charge on any atom is -0.395 e. The Bertz CT molecular complexity index is 171. The Morgan fingerprint density at radius 3 is 2.79 bits per heavy atom. The van der Waals surface area contributed by atoms with Crippen molar-refractivity contribution >= 4 is 0 Å².